The molecule has 2 N–H and O–H groups in total. The Morgan fingerprint density at radius 3 is 2.33 bits per heavy atom. The average molecular weight is 252 g/mol. The van der Waals surface area contributed by atoms with Gasteiger partial charge >= 0.3 is 0 Å². The third kappa shape index (κ3) is 2.73. The van der Waals surface area contributed by atoms with Crippen molar-refractivity contribution in [2.45, 2.75) is 57.2 Å². The molecule has 100 valence electrons. The van der Waals surface area contributed by atoms with Crippen LogP contribution in [0.25, 0.3) is 0 Å². The van der Waals surface area contributed by atoms with Crippen LogP contribution in [0.4, 0.5) is 4.39 Å². The molecule has 1 aliphatic carbocycles. The fourth-order valence-corrected chi connectivity index (χ4v) is 2.85. The van der Waals surface area contributed by atoms with Crippen LogP contribution < -0.4 is 0 Å². The molecule has 1 aromatic carbocycles. The third-order valence-electron chi connectivity index (χ3n) is 4.00. The van der Waals surface area contributed by atoms with Gasteiger partial charge < -0.3 is 10.2 Å². The Labute approximate surface area is 107 Å². The molecule has 2 nitrogen and oxygen atoms in total. The van der Waals surface area contributed by atoms with E-state index < -0.39 is 11.7 Å². The number of benzene rings is 1. The van der Waals surface area contributed by atoms with Crippen LogP contribution >= 0.6 is 0 Å². The molecule has 0 amide bonds. The summed E-state index contributed by atoms with van der Waals surface area (Å²) in [6.45, 7) is 1.77. The van der Waals surface area contributed by atoms with Crippen LogP contribution in [0.1, 0.15) is 55.8 Å². The van der Waals surface area contributed by atoms with E-state index in [1.165, 1.54) is 12.1 Å². The van der Waals surface area contributed by atoms with E-state index in [2.05, 4.69) is 0 Å². The number of aliphatic hydroxyl groups is 2. The van der Waals surface area contributed by atoms with E-state index in [0.717, 1.165) is 25.7 Å². The number of halogens is 1. The van der Waals surface area contributed by atoms with E-state index in [1.807, 2.05) is 0 Å². The summed E-state index contributed by atoms with van der Waals surface area (Å²) < 4.78 is 13.1. The highest BCUT2D eigenvalue weighted by Crippen LogP contribution is 2.38. The van der Waals surface area contributed by atoms with Gasteiger partial charge in [0.15, 0.2) is 0 Å². The summed E-state index contributed by atoms with van der Waals surface area (Å²) in [7, 11) is 0. The first-order valence-corrected chi connectivity index (χ1v) is 6.69. The SMILES string of the molecule is Cc1cc(F)ccc1C(O)C1(O)CCCCCC1. The molecule has 0 bridgehead atoms. The maximum atomic E-state index is 13.1. The van der Waals surface area contributed by atoms with Crippen molar-refractivity contribution in [2.24, 2.45) is 0 Å². The van der Waals surface area contributed by atoms with Crippen LogP contribution in [-0.4, -0.2) is 15.8 Å². The van der Waals surface area contributed by atoms with Crippen molar-refractivity contribution in [3.63, 3.8) is 0 Å². The minimum Gasteiger partial charge on any atom is -0.387 e. The Hall–Kier alpha value is -0.930. The number of hydrogen-bond donors (Lipinski definition) is 2. The van der Waals surface area contributed by atoms with Gasteiger partial charge in [0, 0.05) is 0 Å². The zero-order valence-corrected chi connectivity index (χ0v) is 10.8. The summed E-state index contributed by atoms with van der Waals surface area (Å²) in [5.41, 5.74) is 0.278. The van der Waals surface area contributed by atoms with Crippen LogP contribution in [0.5, 0.6) is 0 Å². The molecule has 0 spiro atoms. The third-order valence-corrected chi connectivity index (χ3v) is 4.00. The molecular weight excluding hydrogens is 231 g/mol. The fraction of sp³-hybridized carbons (Fsp3) is 0.600. The van der Waals surface area contributed by atoms with Crippen molar-refractivity contribution in [1.82, 2.24) is 0 Å². The standard InChI is InChI=1S/C15H21FO2/c1-11-10-12(16)6-7-13(11)14(17)15(18)8-4-2-3-5-9-15/h6-7,10,14,17-18H,2-5,8-9H2,1H3. The summed E-state index contributed by atoms with van der Waals surface area (Å²) in [6, 6.07) is 4.32. The number of aliphatic hydroxyl groups excluding tert-OH is 1. The molecule has 0 radical (unpaired) electrons. The van der Waals surface area contributed by atoms with Crippen LogP contribution in [0.15, 0.2) is 18.2 Å². The van der Waals surface area contributed by atoms with Gasteiger partial charge in [0.2, 0.25) is 0 Å². The van der Waals surface area contributed by atoms with Gasteiger partial charge in [0.05, 0.1) is 5.60 Å². The van der Waals surface area contributed by atoms with Gasteiger partial charge in [-0.15, -0.1) is 0 Å². The van der Waals surface area contributed by atoms with Crippen LogP contribution in [-0.2, 0) is 0 Å². The number of hydrogen-bond acceptors (Lipinski definition) is 2. The Kier molecular flexibility index (Phi) is 4.03. The summed E-state index contributed by atoms with van der Waals surface area (Å²) >= 11 is 0. The van der Waals surface area contributed by atoms with Gasteiger partial charge in [0.25, 0.3) is 0 Å². The van der Waals surface area contributed by atoms with Crippen molar-refractivity contribution < 1.29 is 14.6 Å². The van der Waals surface area contributed by atoms with Gasteiger partial charge in [-0.25, -0.2) is 4.39 Å². The van der Waals surface area contributed by atoms with Crippen molar-refractivity contribution >= 4 is 0 Å². The van der Waals surface area contributed by atoms with Gasteiger partial charge in [-0.1, -0.05) is 31.7 Å². The normalized spacial score (nSPS) is 21.3. The van der Waals surface area contributed by atoms with E-state index in [0.29, 0.717) is 24.0 Å². The molecule has 0 aliphatic heterocycles. The molecule has 0 heterocycles. The molecule has 3 heteroatoms. The fourth-order valence-electron chi connectivity index (χ4n) is 2.85. The van der Waals surface area contributed by atoms with Crippen LogP contribution in [0.3, 0.4) is 0 Å². The minimum atomic E-state index is -1.06. The predicted molar refractivity (Wildman–Crippen MR) is 68.7 cm³/mol. The molecule has 1 fully saturated rings. The highest BCUT2D eigenvalue weighted by molar-refractivity contribution is 5.30. The second-order valence-electron chi connectivity index (χ2n) is 5.42. The van der Waals surface area contributed by atoms with Gasteiger partial charge in [-0.3, -0.25) is 0 Å². The molecular formula is C15H21FO2. The second-order valence-corrected chi connectivity index (χ2v) is 5.42. The highest BCUT2D eigenvalue weighted by Gasteiger charge is 2.37. The van der Waals surface area contributed by atoms with E-state index in [9.17, 15) is 14.6 Å². The van der Waals surface area contributed by atoms with Gasteiger partial charge in [-0.05, 0) is 43.0 Å². The predicted octanol–water partition coefficient (Wildman–Crippen LogP) is 3.25. The Morgan fingerprint density at radius 1 is 1.17 bits per heavy atom. The molecule has 2 rings (SSSR count). The monoisotopic (exact) mass is 252 g/mol. The molecule has 1 unspecified atom stereocenters. The average Bonchev–Trinajstić information content (AvgIpc) is 2.54. The lowest BCUT2D eigenvalue weighted by Crippen LogP contribution is -2.36. The second kappa shape index (κ2) is 5.37. The Morgan fingerprint density at radius 2 is 1.78 bits per heavy atom. The molecule has 18 heavy (non-hydrogen) atoms. The molecule has 1 saturated carbocycles. The maximum Gasteiger partial charge on any atom is 0.123 e. The quantitative estimate of drug-likeness (QED) is 0.793. The summed E-state index contributed by atoms with van der Waals surface area (Å²) in [4.78, 5) is 0. The number of rotatable bonds is 2. The molecule has 0 aromatic heterocycles. The smallest absolute Gasteiger partial charge is 0.123 e. The first kappa shape index (κ1) is 13.5. The molecule has 0 saturated heterocycles. The Bertz CT molecular complexity index is 409. The van der Waals surface area contributed by atoms with Gasteiger partial charge in [0.1, 0.15) is 11.9 Å². The lowest BCUT2D eigenvalue weighted by molar-refractivity contribution is -0.0870. The van der Waals surface area contributed by atoms with Gasteiger partial charge in [-0.2, -0.15) is 0 Å². The van der Waals surface area contributed by atoms with E-state index >= 15 is 0 Å². The van der Waals surface area contributed by atoms with Crippen molar-refractivity contribution in [2.75, 3.05) is 0 Å². The molecule has 1 atom stereocenters. The maximum absolute atomic E-state index is 13.1. The first-order chi connectivity index (χ1) is 8.53. The summed E-state index contributed by atoms with van der Waals surface area (Å²) in [6.07, 6.45) is 4.41. The Balaban J connectivity index is 2.25. The highest BCUT2D eigenvalue weighted by atomic mass is 19.1. The van der Waals surface area contributed by atoms with E-state index in [4.69, 9.17) is 0 Å². The van der Waals surface area contributed by atoms with Crippen LogP contribution in [0.2, 0.25) is 0 Å². The van der Waals surface area contributed by atoms with Crippen LogP contribution in [0, 0.1) is 12.7 Å². The molecule has 1 aromatic rings. The summed E-state index contributed by atoms with van der Waals surface area (Å²) in [5, 5.41) is 21.1. The molecule has 1 aliphatic rings. The number of aryl methyl sites for hydroxylation is 1. The van der Waals surface area contributed by atoms with Crippen molar-refractivity contribution in [1.29, 1.82) is 0 Å². The largest absolute Gasteiger partial charge is 0.387 e. The lowest BCUT2D eigenvalue weighted by atomic mass is 9.83. The zero-order valence-electron chi connectivity index (χ0n) is 10.8. The van der Waals surface area contributed by atoms with E-state index in [1.54, 1.807) is 13.0 Å². The first-order valence-electron chi connectivity index (χ1n) is 6.69. The topological polar surface area (TPSA) is 40.5 Å². The minimum absolute atomic E-state index is 0.309. The van der Waals surface area contributed by atoms with Crippen molar-refractivity contribution in [3.8, 4) is 0 Å². The summed E-state index contributed by atoms with van der Waals surface area (Å²) in [5.74, 6) is -0.309. The van der Waals surface area contributed by atoms with E-state index in [-0.39, 0.29) is 5.82 Å². The lowest BCUT2D eigenvalue weighted by Gasteiger charge is -2.33. The van der Waals surface area contributed by atoms with Crippen molar-refractivity contribution in [3.05, 3.63) is 35.1 Å². The zero-order chi connectivity index (χ0) is 13.2.